The van der Waals surface area contributed by atoms with Crippen LogP contribution in [-0.4, -0.2) is 4.57 Å². The van der Waals surface area contributed by atoms with E-state index in [2.05, 4.69) is 94.2 Å². The number of halogens is 1. The minimum atomic E-state index is 1.08. The minimum Gasteiger partial charge on any atom is -0.340 e. The predicted molar refractivity (Wildman–Crippen MR) is 131 cm³/mol. The van der Waals surface area contributed by atoms with E-state index in [-0.39, 0.29) is 0 Å². The van der Waals surface area contributed by atoms with Crippen molar-refractivity contribution in [2.75, 3.05) is 0 Å². The molecule has 0 saturated heterocycles. The summed E-state index contributed by atoms with van der Waals surface area (Å²) in [6.45, 7) is 3.37. The standard InChI is InChI=1S/C27H30BrN/c1-2-3-4-5-6-7-11-19-29-26-18-17-22(28)20-25(26)24-16-12-15-23(27(24)29)21-13-9-8-10-14-21/h8-10,12-18,20H,2-7,11,19H2,1H3. The molecule has 0 N–H and O–H groups in total. The first kappa shape index (κ1) is 20.2. The average Bonchev–Trinajstić information content (AvgIpc) is 3.07. The molecule has 0 spiro atoms. The van der Waals surface area contributed by atoms with Crippen LogP contribution in [0, 0.1) is 0 Å². The summed E-state index contributed by atoms with van der Waals surface area (Å²) in [4.78, 5) is 0. The fraction of sp³-hybridized carbons (Fsp3) is 0.333. The number of hydrogen-bond donors (Lipinski definition) is 0. The Morgan fingerprint density at radius 2 is 1.48 bits per heavy atom. The quantitative estimate of drug-likeness (QED) is 0.225. The van der Waals surface area contributed by atoms with Crippen molar-refractivity contribution in [2.45, 2.75) is 58.4 Å². The van der Waals surface area contributed by atoms with Crippen molar-refractivity contribution in [3.63, 3.8) is 0 Å². The van der Waals surface area contributed by atoms with Crippen LogP contribution >= 0.6 is 15.9 Å². The smallest absolute Gasteiger partial charge is 0.0571 e. The van der Waals surface area contributed by atoms with Crippen molar-refractivity contribution >= 4 is 37.7 Å². The molecule has 150 valence electrons. The molecule has 1 heterocycles. The number of aryl methyl sites for hydroxylation is 1. The second-order valence-electron chi connectivity index (χ2n) is 8.00. The van der Waals surface area contributed by atoms with Gasteiger partial charge in [-0.05, 0) is 30.2 Å². The normalized spacial score (nSPS) is 11.5. The number of fused-ring (bicyclic) bond motifs is 3. The minimum absolute atomic E-state index is 1.08. The van der Waals surface area contributed by atoms with Gasteiger partial charge in [-0.25, -0.2) is 0 Å². The van der Waals surface area contributed by atoms with Crippen molar-refractivity contribution < 1.29 is 0 Å². The van der Waals surface area contributed by atoms with Gasteiger partial charge in [0.25, 0.3) is 0 Å². The highest BCUT2D eigenvalue weighted by atomic mass is 79.9. The molecule has 29 heavy (non-hydrogen) atoms. The van der Waals surface area contributed by atoms with Crippen molar-refractivity contribution in [2.24, 2.45) is 0 Å². The number of hydrogen-bond acceptors (Lipinski definition) is 0. The third-order valence-electron chi connectivity index (χ3n) is 5.92. The monoisotopic (exact) mass is 447 g/mol. The number of benzene rings is 3. The lowest BCUT2D eigenvalue weighted by Gasteiger charge is -2.11. The lowest BCUT2D eigenvalue weighted by Crippen LogP contribution is -1.99. The van der Waals surface area contributed by atoms with Crippen LogP contribution in [0.25, 0.3) is 32.9 Å². The first-order valence-corrected chi connectivity index (χ1v) is 11.8. The van der Waals surface area contributed by atoms with E-state index in [4.69, 9.17) is 0 Å². The zero-order chi connectivity index (χ0) is 20.1. The van der Waals surface area contributed by atoms with Gasteiger partial charge in [0, 0.05) is 32.9 Å². The number of aromatic nitrogens is 1. The molecular formula is C27H30BrN. The molecule has 0 bridgehead atoms. The van der Waals surface area contributed by atoms with E-state index >= 15 is 0 Å². The largest absolute Gasteiger partial charge is 0.340 e. The molecule has 2 heteroatoms. The lowest BCUT2D eigenvalue weighted by atomic mass is 10.0. The molecule has 0 aliphatic heterocycles. The molecule has 0 radical (unpaired) electrons. The number of rotatable bonds is 9. The van der Waals surface area contributed by atoms with Gasteiger partial charge in [-0.3, -0.25) is 0 Å². The molecule has 0 aliphatic carbocycles. The van der Waals surface area contributed by atoms with E-state index in [0.29, 0.717) is 0 Å². The third kappa shape index (κ3) is 4.43. The SMILES string of the molecule is CCCCCCCCCn1c2ccc(Br)cc2c2cccc(-c3ccccc3)c21. The maximum atomic E-state index is 3.68. The first-order chi connectivity index (χ1) is 14.3. The van der Waals surface area contributed by atoms with Gasteiger partial charge < -0.3 is 4.57 Å². The number of para-hydroxylation sites is 1. The van der Waals surface area contributed by atoms with E-state index < -0.39 is 0 Å². The van der Waals surface area contributed by atoms with E-state index in [1.165, 1.54) is 77.9 Å². The second kappa shape index (κ2) is 9.63. The van der Waals surface area contributed by atoms with Gasteiger partial charge in [0.2, 0.25) is 0 Å². The van der Waals surface area contributed by atoms with Crippen LogP contribution in [0.2, 0.25) is 0 Å². The van der Waals surface area contributed by atoms with Gasteiger partial charge in [0.15, 0.2) is 0 Å². The second-order valence-corrected chi connectivity index (χ2v) is 8.92. The van der Waals surface area contributed by atoms with Crippen molar-refractivity contribution in [3.8, 4) is 11.1 Å². The Bertz CT molecular complexity index is 1080. The molecule has 3 aromatic carbocycles. The summed E-state index contributed by atoms with van der Waals surface area (Å²) in [6.07, 6.45) is 9.37. The van der Waals surface area contributed by atoms with Gasteiger partial charge in [-0.15, -0.1) is 0 Å². The lowest BCUT2D eigenvalue weighted by molar-refractivity contribution is 0.561. The Balaban J connectivity index is 1.71. The summed E-state index contributed by atoms with van der Waals surface area (Å²) < 4.78 is 3.70. The molecule has 0 amide bonds. The highest BCUT2D eigenvalue weighted by Crippen LogP contribution is 2.37. The molecule has 1 nitrogen and oxygen atoms in total. The van der Waals surface area contributed by atoms with Crippen molar-refractivity contribution in [1.82, 2.24) is 4.57 Å². The number of unbranched alkanes of at least 4 members (excludes halogenated alkanes) is 6. The summed E-state index contributed by atoms with van der Waals surface area (Å²) >= 11 is 3.68. The summed E-state index contributed by atoms with van der Waals surface area (Å²) in [5, 5.41) is 2.70. The average molecular weight is 448 g/mol. The Hall–Kier alpha value is -2.06. The van der Waals surface area contributed by atoms with Gasteiger partial charge in [0.05, 0.1) is 5.52 Å². The zero-order valence-electron chi connectivity index (χ0n) is 17.3. The molecule has 0 unspecified atom stereocenters. The van der Waals surface area contributed by atoms with E-state index in [1.54, 1.807) is 0 Å². The van der Waals surface area contributed by atoms with Crippen molar-refractivity contribution in [3.05, 3.63) is 71.2 Å². The highest BCUT2D eigenvalue weighted by Gasteiger charge is 2.15. The van der Waals surface area contributed by atoms with Crippen LogP contribution in [0.3, 0.4) is 0 Å². The topological polar surface area (TPSA) is 4.93 Å². The molecule has 1 aromatic heterocycles. The van der Waals surface area contributed by atoms with Gasteiger partial charge >= 0.3 is 0 Å². The highest BCUT2D eigenvalue weighted by molar-refractivity contribution is 9.10. The fourth-order valence-electron chi connectivity index (χ4n) is 4.44. The van der Waals surface area contributed by atoms with Crippen molar-refractivity contribution in [1.29, 1.82) is 0 Å². The van der Waals surface area contributed by atoms with Crippen LogP contribution in [-0.2, 0) is 6.54 Å². The zero-order valence-corrected chi connectivity index (χ0v) is 18.9. The van der Waals surface area contributed by atoms with E-state index in [1.807, 2.05) is 0 Å². The third-order valence-corrected chi connectivity index (χ3v) is 6.41. The summed E-state index contributed by atoms with van der Waals surface area (Å²) in [5.41, 5.74) is 5.34. The summed E-state index contributed by atoms with van der Waals surface area (Å²) in [7, 11) is 0. The Kier molecular flexibility index (Phi) is 6.71. The van der Waals surface area contributed by atoms with Crippen LogP contribution in [0.5, 0.6) is 0 Å². The summed E-state index contributed by atoms with van der Waals surface area (Å²) in [5.74, 6) is 0. The summed E-state index contributed by atoms with van der Waals surface area (Å²) in [6, 6.07) is 24.3. The molecule has 4 rings (SSSR count). The van der Waals surface area contributed by atoms with Gasteiger partial charge in [-0.2, -0.15) is 0 Å². The number of nitrogens with zero attached hydrogens (tertiary/aromatic N) is 1. The maximum Gasteiger partial charge on any atom is 0.0571 e. The molecule has 0 saturated carbocycles. The van der Waals surface area contributed by atoms with Crippen LogP contribution in [0.4, 0.5) is 0 Å². The van der Waals surface area contributed by atoms with Crippen LogP contribution in [0.1, 0.15) is 51.9 Å². The molecule has 0 fully saturated rings. The molecule has 0 atom stereocenters. The molecule has 4 aromatic rings. The van der Waals surface area contributed by atoms with Crippen LogP contribution in [0.15, 0.2) is 71.2 Å². The fourth-order valence-corrected chi connectivity index (χ4v) is 4.80. The molecular weight excluding hydrogens is 418 g/mol. The van der Waals surface area contributed by atoms with Crippen LogP contribution < -0.4 is 0 Å². The van der Waals surface area contributed by atoms with E-state index in [9.17, 15) is 0 Å². The predicted octanol–water partition coefficient (Wildman–Crippen LogP) is 8.97. The van der Waals surface area contributed by atoms with Gasteiger partial charge in [-0.1, -0.05) is 110 Å². The Morgan fingerprint density at radius 1 is 0.724 bits per heavy atom. The maximum absolute atomic E-state index is 3.68. The molecule has 0 aliphatic rings. The first-order valence-electron chi connectivity index (χ1n) is 11.1. The van der Waals surface area contributed by atoms with Gasteiger partial charge in [0.1, 0.15) is 0 Å². The van der Waals surface area contributed by atoms with E-state index in [0.717, 1.165) is 11.0 Å². The Labute approximate surface area is 182 Å². The Morgan fingerprint density at radius 3 is 2.28 bits per heavy atom.